The van der Waals surface area contributed by atoms with Gasteiger partial charge in [0.2, 0.25) is 5.88 Å². The van der Waals surface area contributed by atoms with E-state index in [0.29, 0.717) is 24.0 Å². The molecule has 0 radical (unpaired) electrons. The molecule has 28 heavy (non-hydrogen) atoms. The standard InChI is InChI=1S/C21H30ClFN2O2Si/c1-5-28(6-2,7-3)27-19(20-18(22)12-13-25-21(20)26-4)15-24-14-16-8-10-17(23)11-9-16/h8-13,19,24H,5-7,14-15H2,1-4H3. The molecule has 0 saturated carbocycles. The maximum atomic E-state index is 13.1. The van der Waals surface area contributed by atoms with Crippen LogP contribution in [0.3, 0.4) is 0 Å². The summed E-state index contributed by atoms with van der Waals surface area (Å²) < 4.78 is 25.4. The molecule has 1 aromatic heterocycles. The van der Waals surface area contributed by atoms with Crippen LogP contribution >= 0.6 is 11.6 Å². The molecule has 2 aromatic rings. The Labute approximate surface area is 173 Å². The van der Waals surface area contributed by atoms with Crippen LogP contribution in [0.15, 0.2) is 36.5 Å². The fourth-order valence-electron chi connectivity index (χ4n) is 3.34. The van der Waals surface area contributed by atoms with Gasteiger partial charge < -0.3 is 14.5 Å². The van der Waals surface area contributed by atoms with E-state index in [-0.39, 0.29) is 11.9 Å². The number of aromatic nitrogens is 1. The largest absolute Gasteiger partial charge is 0.481 e. The van der Waals surface area contributed by atoms with Gasteiger partial charge in [0.1, 0.15) is 5.82 Å². The van der Waals surface area contributed by atoms with E-state index in [2.05, 4.69) is 31.1 Å². The summed E-state index contributed by atoms with van der Waals surface area (Å²) in [5.41, 5.74) is 1.79. The van der Waals surface area contributed by atoms with E-state index >= 15 is 0 Å². The number of halogens is 2. The van der Waals surface area contributed by atoms with Crippen molar-refractivity contribution < 1.29 is 13.6 Å². The smallest absolute Gasteiger partial charge is 0.220 e. The average Bonchev–Trinajstić information content (AvgIpc) is 2.72. The van der Waals surface area contributed by atoms with Gasteiger partial charge in [-0.15, -0.1) is 0 Å². The molecular weight excluding hydrogens is 395 g/mol. The summed E-state index contributed by atoms with van der Waals surface area (Å²) in [6.07, 6.45) is 1.38. The first-order valence-electron chi connectivity index (χ1n) is 9.79. The Morgan fingerprint density at radius 2 is 1.75 bits per heavy atom. The lowest BCUT2D eigenvalue weighted by molar-refractivity contribution is 0.180. The third kappa shape index (κ3) is 5.77. The average molecular weight is 425 g/mol. The van der Waals surface area contributed by atoms with Crippen LogP contribution in [0.25, 0.3) is 0 Å². The van der Waals surface area contributed by atoms with Crippen molar-refractivity contribution in [3.05, 3.63) is 58.5 Å². The predicted octanol–water partition coefficient (Wildman–Crippen LogP) is 5.74. The third-order valence-electron chi connectivity index (χ3n) is 5.31. The van der Waals surface area contributed by atoms with Gasteiger partial charge in [-0.25, -0.2) is 9.37 Å². The van der Waals surface area contributed by atoms with Gasteiger partial charge in [-0.3, -0.25) is 0 Å². The molecule has 7 heteroatoms. The van der Waals surface area contributed by atoms with Crippen LogP contribution in [0.2, 0.25) is 23.2 Å². The first-order chi connectivity index (χ1) is 13.5. The fourth-order valence-corrected chi connectivity index (χ4v) is 6.40. The quantitative estimate of drug-likeness (QED) is 0.467. The number of benzene rings is 1. The highest BCUT2D eigenvalue weighted by Gasteiger charge is 2.34. The molecule has 0 spiro atoms. The molecule has 0 amide bonds. The molecule has 4 nitrogen and oxygen atoms in total. The summed E-state index contributed by atoms with van der Waals surface area (Å²) in [5.74, 6) is 0.258. The number of ether oxygens (including phenoxy) is 1. The molecule has 2 rings (SSSR count). The summed E-state index contributed by atoms with van der Waals surface area (Å²) in [7, 11) is -0.298. The minimum Gasteiger partial charge on any atom is -0.481 e. The molecule has 1 N–H and O–H groups in total. The topological polar surface area (TPSA) is 43.4 Å². The third-order valence-corrected chi connectivity index (χ3v) is 10.3. The van der Waals surface area contributed by atoms with E-state index in [1.807, 2.05) is 0 Å². The predicted molar refractivity (Wildman–Crippen MR) is 115 cm³/mol. The second-order valence-electron chi connectivity index (χ2n) is 6.82. The first kappa shape index (κ1) is 22.8. The van der Waals surface area contributed by atoms with Crippen LogP contribution < -0.4 is 10.1 Å². The Hall–Kier alpha value is -1.47. The first-order valence-corrected chi connectivity index (χ1v) is 12.7. The molecule has 0 saturated heterocycles. The number of hydrogen-bond acceptors (Lipinski definition) is 4. The van der Waals surface area contributed by atoms with Crippen LogP contribution in [-0.2, 0) is 11.0 Å². The van der Waals surface area contributed by atoms with E-state index in [1.165, 1.54) is 12.1 Å². The minimum atomic E-state index is -1.89. The summed E-state index contributed by atoms with van der Waals surface area (Å²) in [5, 5.41) is 4.02. The second-order valence-corrected chi connectivity index (χ2v) is 12.0. The Bertz CT molecular complexity index is 733. The van der Waals surface area contributed by atoms with Crippen molar-refractivity contribution in [2.75, 3.05) is 13.7 Å². The molecule has 0 aliphatic rings. The van der Waals surface area contributed by atoms with E-state index < -0.39 is 8.32 Å². The monoisotopic (exact) mass is 424 g/mol. The van der Waals surface area contributed by atoms with Gasteiger partial charge in [0.15, 0.2) is 8.32 Å². The number of nitrogens with zero attached hydrogens (tertiary/aromatic N) is 1. The number of hydrogen-bond donors (Lipinski definition) is 1. The molecule has 0 aliphatic heterocycles. The van der Waals surface area contributed by atoms with E-state index in [0.717, 1.165) is 29.3 Å². The van der Waals surface area contributed by atoms with E-state index in [4.69, 9.17) is 20.8 Å². The Kier molecular flexibility index (Phi) is 8.88. The number of rotatable bonds is 11. The second kappa shape index (κ2) is 10.9. The van der Waals surface area contributed by atoms with Crippen molar-refractivity contribution in [1.82, 2.24) is 10.3 Å². The lowest BCUT2D eigenvalue weighted by Gasteiger charge is -2.34. The van der Waals surface area contributed by atoms with Crippen LogP contribution in [0.4, 0.5) is 4.39 Å². The van der Waals surface area contributed by atoms with Gasteiger partial charge in [0.05, 0.1) is 23.8 Å². The van der Waals surface area contributed by atoms with Crippen LogP contribution in [0.1, 0.15) is 38.0 Å². The van der Waals surface area contributed by atoms with Crippen molar-refractivity contribution in [1.29, 1.82) is 0 Å². The Balaban J connectivity index is 2.24. The zero-order valence-electron chi connectivity index (χ0n) is 17.1. The molecule has 0 fully saturated rings. The van der Waals surface area contributed by atoms with Gasteiger partial charge in [0.25, 0.3) is 0 Å². The molecule has 1 aromatic carbocycles. The minimum absolute atomic E-state index is 0.235. The van der Waals surface area contributed by atoms with Crippen LogP contribution in [0.5, 0.6) is 5.88 Å². The number of nitrogens with one attached hydrogen (secondary N) is 1. The van der Waals surface area contributed by atoms with Crippen LogP contribution in [0, 0.1) is 5.82 Å². The highest BCUT2D eigenvalue weighted by atomic mass is 35.5. The van der Waals surface area contributed by atoms with Gasteiger partial charge in [0, 0.05) is 19.3 Å². The maximum absolute atomic E-state index is 13.1. The van der Waals surface area contributed by atoms with Crippen molar-refractivity contribution in [3.63, 3.8) is 0 Å². The van der Waals surface area contributed by atoms with Crippen LogP contribution in [-0.4, -0.2) is 27.0 Å². The Morgan fingerprint density at radius 1 is 1.11 bits per heavy atom. The molecule has 0 aliphatic carbocycles. The van der Waals surface area contributed by atoms with Crippen molar-refractivity contribution in [2.45, 2.75) is 51.6 Å². The molecule has 0 bridgehead atoms. The number of methoxy groups -OCH3 is 1. The molecule has 1 unspecified atom stereocenters. The normalized spacial score (nSPS) is 12.8. The van der Waals surface area contributed by atoms with Crippen molar-refractivity contribution >= 4 is 19.9 Å². The van der Waals surface area contributed by atoms with Gasteiger partial charge in [-0.1, -0.05) is 44.5 Å². The summed E-state index contributed by atoms with van der Waals surface area (Å²) in [4.78, 5) is 4.32. The van der Waals surface area contributed by atoms with Crippen molar-refractivity contribution in [3.8, 4) is 5.88 Å². The van der Waals surface area contributed by atoms with E-state index in [1.54, 1.807) is 31.5 Å². The lowest BCUT2D eigenvalue weighted by atomic mass is 10.1. The van der Waals surface area contributed by atoms with Crippen molar-refractivity contribution in [2.24, 2.45) is 0 Å². The zero-order chi connectivity index (χ0) is 20.6. The fraction of sp³-hybridized carbons (Fsp3) is 0.476. The van der Waals surface area contributed by atoms with E-state index in [9.17, 15) is 4.39 Å². The van der Waals surface area contributed by atoms with Gasteiger partial charge in [-0.05, 0) is 41.9 Å². The molecule has 154 valence electrons. The maximum Gasteiger partial charge on any atom is 0.220 e. The summed E-state index contributed by atoms with van der Waals surface area (Å²) in [6, 6.07) is 11.4. The molecular formula is C21H30ClFN2O2Si. The zero-order valence-corrected chi connectivity index (χ0v) is 18.9. The molecule has 1 atom stereocenters. The summed E-state index contributed by atoms with van der Waals surface area (Å²) >= 11 is 6.52. The SMILES string of the molecule is CC[Si](CC)(CC)OC(CNCc1ccc(F)cc1)c1c(Cl)ccnc1OC. The Morgan fingerprint density at radius 3 is 2.32 bits per heavy atom. The molecule has 1 heterocycles. The highest BCUT2D eigenvalue weighted by Crippen LogP contribution is 2.36. The van der Waals surface area contributed by atoms with Gasteiger partial charge in [-0.2, -0.15) is 0 Å². The van der Waals surface area contributed by atoms with Gasteiger partial charge >= 0.3 is 0 Å². The highest BCUT2D eigenvalue weighted by molar-refractivity contribution is 6.73. The summed E-state index contributed by atoms with van der Waals surface area (Å²) in [6.45, 7) is 7.77. The number of pyridine rings is 1. The lowest BCUT2D eigenvalue weighted by Crippen LogP contribution is -2.40.